The van der Waals surface area contributed by atoms with Gasteiger partial charge in [0.05, 0.1) is 6.61 Å². The Labute approximate surface area is 107 Å². The minimum Gasteiger partial charge on any atom is -0.457 e. The van der Waals surface area contributed by atoms with Crippen LogP contribution < -0.4 is 4.74 Å². The van der Waals surface area contributed by atoms with Gasteiger partial charge in [0.25, 0.3) is 0 Å². The molecule has 18 heavy (non-hydrogen) atoms. The zero-order valence-electron chi connectivity index (χ0n) is 10.2. The van der Waals surface area contributed by atoms with Gasteiger partial charge in [0.1, 0.15) is 11.5 Å². The molecule has 1 N–H and O–H groups in total. The van der Waals surface area contributed by atoms with Crippen molar-refractivity contribution < 1.29 is 9.84 Å². The summed E-state index contributed by atoms with van der Waals surface area (Å²) >= 11 is 0. The van der Waals surface area contributed by atoms with Crippen LogP contribution in [0.4, 0.5) is 0 Å². The molecule has 1 aliphatic carbocycles. The second kappa shape index (κ2) is 4.83. The molecule has 0 unspecified atom stereocenters. The van der Waals surface area contributed by atoms with Crippen molar-refractivity contribution in [1.29, 1.82) is 0 Å². The summed E-state index contributed by atoms with van der Waals surface area (Å²) in [7, 11) is 0. The Morgan fingerprint density at radius 3 is 2.39 bits per heavy atom. The van der Waals surface area contributed by atoms with E-state index >= 15 is 0 Å². The molecule has 2 aromatic carbocycles. The molecule has 2 heteroatoms. The molecule has 0 atom stereocenters. The maximum absolute atomic E-state index is 8.98. The van der Waals surface area contributed by atoms with E-state index in [-0.39, 0.29) is 6.61 Å². The summed E-state index contributed by atoms with van der Waals surface area (Å²) in [6.45, 7) is 0.0686. The van der Waals surface area contributed by atoms with Crippen LogP contribution in [0.25, 0.3) is 0 Å². The highest BCUT2D eigenvalue weighted by atomic mass is 16.5. The molecule has 0 saturated heterocycles. The van der Waals surface area contributed by atoms with Crippen LogP contribution in [0.2, 0.25) is 0 Å². The Bertz CT molecular complexity index is 544. The second-order valence-corrected chi connectivity index (χ2v) is 4.69. The predicted molar refractivity (Wildman–Crippen MR) is 70.9 cm³/mol. The van der Waals surface area contributed by atoms with E-state index in [0.29, 0.717) is 0 Å². The van der Waals surface area contributed by atoms with Crippen molar-refractivity contribution in [2.45, 2.75) is 25.9 Å². The van der Waals surface area contributed by atoms with Gasteiger partial charge in [-0.2, -0.15) is 0 Å². The third kappa shape index (κ3) is 2.24. The van der Waals surface area contributed by atoms with Crippen LogP contribution in [-0.2, 0) is 19.4 Å². The van der Waals surface area contributed by atoms with Gasteiger partial charge in [-0.25, -0.2) is 0 Å². The molecule has 0 aliphatic heterocycles. The van der Waals surface area contributed by atoms with Crippen molar-refractivity contribution in [1.82, 2.24) is 0 Å². The highest BCUT2D eigenvalue weighted by molar-refractivity contribution is 5.40. The summed E-state index contributed by atoms with van der Waals surface area (Å²) < 4.78 is 5.82. The molecule has 0 fully saturated rings. The molecule has 2 aromatic rings. The minimum absolute atomic E-state index is 0.0686. The Hall–Kier alpha value is -1.80. The van der Waals surface area contributed by atoms with Gasteiger partial charge in [-0.15, -0.1) is 0 Å². The van der Waals surface area contributed by atoms with Gasteiger partial charge < -0.3 is 9.84 Å². The molecule has 3 rings (SSSR count). The standard InChI is InChI=1S/C16H16O2/c17-11-12-4-7-15(8-5-12)18-16-9-6-13-2-1-3-14(13)10-16/h4-10,17H,1-3,11H2. The zero-order valence-corrected chi connectivity index (χ0v) is 10.2. The van der Waals surface area contributed by atoms with Crippen LogP contribution in [0.1, 0.15) is 23.1 Å². The summed E-state index contributed by atoms with van der Waals surface area (Å²) in [5, 5.41) is 8.98. The smallest absolute Gasteiger partial charge is 0.127 e. The maximum atomic E-state index is 8.98. The number of fused-ring (bicyclic) bond motifs is 1. The Morgan fingerprint density at radius 2 is 1.61 bits per heavy atom. The highest BCUT2D eigenvalue weighted by Gasteiger charge is 2.11. The number of aryl methyl sites for hydroxylation is 2. The van der Waals surface area contributed by atoms with Crippen molar-refractivity contribution in [2.24, 2.45) is 0 Å². The SMILES string of the molecule is OCc1ccc(Oc2ccc3c(c2)CCC3)cc1. The first-order valence-corrected chi connectivity index (χ1v) is 6.34. The fourth-order valence-electron chi connectivity index (χ4n) is 2.41. The fraction of sp³-hybridized carbons (Fsp3) is 0.250. The van der Waals surface area contributed by atoms with Crippen LogP contribution in [0.3, 0.4) is 0 Å². The van der Waals surface area contributed by atoms with E-state index in [1.54, 1.807) is 0 Å². The van der Waals surface area contributed by atoms with Crippen molar-refractivity contribution in [3.05, 3.63) is 59.2 Å². The van der Waals surface area contributed by atoms with Crippen LogP contribution in [-0.4, -0.2) is 5.11 Å². The molecule has 0 saturated carbocycles. The summed E-state index contributed by atoms with van der Waals surface area (Å²) in [5.41, 5.74) is 3.77. The van der Waals surface area contributed by atoms with E-state index in [9.17, 15) is 0 Å². The Morgan fingerprint density at radius 1 is 0.889 bits per heavy atom. The van der Waals surface area contributed by atoms with Crippen molar-refractivity contribution >= 4 is 0 Å². The van der Waals surface area contributed by atoms with Crippen molar-refractivity contribution in [2.75, 3.05) is 0 Å². The molecule has 1 aliphatic rings. The lowest BCUT2D eigenvalue weighted by molar-refractivity contribution is 0.281. The molecule has 0 aromatic heterocycles. The average molecular weight is 240 g/mol. The van der Waals surface area contributed by atoms with Gasteiger partial charge in [-0.1, -0.05) is 18.2 Å². The zero-order chi connectivity index (χ0) is 12.4. The highest BCUT2D eigenvalue weighted by Crippen LogP contribution is 2.28. The van der Waals surface area contributed by atoms with E-state index in [1.807, 2.05) is 30.3 Å². The molecule has 0 bridgehead atoms. The third-order valence-corrected chi connectivity index (χ3v) is 3.41. The van der Waals surface area contributed by atoms with Crippen LogP contribution >= 0.6 is 0 Å². The number of hydrogen-bond donors (Lipinski definition) is 1. The van der Waals surface area contributed by atoms with E-state index in [1.165, 1.54) is 24.0 Å². The topological polar surface area (TPSA) is 29.5 Å². The number of aliphatic hydroxyl groups is 1. The molecule has 92 valence electrons. The predicted octanol–water partition coefficient (Wildman–Crippen LogP) is 3.46. The maximum Gasteiger partial charge on any atom is 0.127 e. The Kier molecular flexibility index (Phi) is 3.03. The van der Waals surface area contributed by atoms with Gasteiger partial charge in [0.2, 0.25) is 0 Å². The number of ether oxygens (including phenoxy) is 1. The van der Waals surface area contributed by atoms with Crippen LogP contribution in [0.5, 0.6) is 11.5 Å². The van der Waals surface area contributed by atoms with Gasteiger partial charge in [-0.3, -0.25) is 0 Å². The molecule has 0 radical (unpaired) electrons. The first kappa shape index (κ1) is 11.3. The van der Waals surface area contributed by atoms with Crippen LogP contribution in [0, 0.1) is 0 Å². The lowest BCUT2D eigenvalue weighted by Gasteiger charge is -2.08. The summed E-state index contributed by atoms with van der Waals surface area (Å²) in [5.74, 6) is 1.71. The molecule has 2 nitrogen and oxygen atoms in total. The summed E-state index contributed by atoms with van der Waals surface area (Å²) in [4.78, 5) is 0. The minimum atomic E-state index is 0.0686. The quantitative estimate of drug-likeness (QED) is 0.890. The van der Waals surface area contributed by atoms with Crippen LogP contribution in [0.15, 0.2) is 42.5 Å². The van der Waals surface area contributed by atoms with Gasteiger partial charge in [0, 0.05) is 0 Å². The van der Waals surface area contributed by atoms with Gasteiger partial charge >= 0.3 is 0 Å². The molecule has 0 spiro atoms. The summed E-state index contributed by atoms with van der Waals surface area (Å²) in [6.07, 6.45) is 3.61. The number of benzene rings is 2. The van der Waals surface area contributed by atoms with Gasteiger partial charge in [0.15, 0.2) is 0 Å². The van der Waals surface area contributed by atoms with E-state index < -0.39 is 0 Å². The fourth-order valence-corrected chi connectivity index (χ4v) is 2.41. The van der Waals surface area contributed by atoms with Crippen molar-refractivity contribution in [3.63, 3.8) is 0 Å². The average Bonchev–Trinajstić information content (AvgIpc) is 2.87. The molecular formula is C16H16O2. The van der Waals surface area contributed by atoms with Crippen molar-refractivity contribution in [3.8, 4) is 11.5 Å². The third-order valence-electron chi connectivity index (χ3n) is 3.41. The molecule has 0 amide bonds. The Balaban J connectivity index is 1.79. The lowest BCUT2D eigenvalue weighted by atomic mass is 10.1. The monoisotopic (exact) mass is 240 g/mol. The van der Waals surface area contributed by atoms with E-state index in [4.69, 9.17) is 9.84 Å². The number of hydrogen-bond acceptors (Lipinski definition) is 2. The normalized spacial score (nSPS) is 13.4. The second-order valence-electron chi connectivity index (χ2n) is 4.69. The first-order valence-electron chi connectivity index (χ1n) is 6.34. The molecule has 0 heterocycles. The van der Waals surface area contributed by atoms with E-state index in [0.717, 1.165) is 23.5 Å². The number of aliphatic hydroxyl groups excluding tert-OH is 1. The molecular weight excluding hydrogens is 224 g/mol. The van der Waals surface area contributed by atoms with Gasteiger partial charge in [-0.05, 0) is 60.2 Å². The number of rotatable bonds is 3. The first-order chi connectivity index (χ1) is 8.85. The largest absolute Gasteiger partial charge is 0.457 e. The lowest BCUT2D eigenvalue weighted by Crippen LogP contribution is -1.88. The summed E-state index contributed by atoms with van der Waals surface area (Å²) in [6, 6.07) is 13.9. The van der Waals surface area contributed by atoms with E-state index in [2.05, 4.69) is 12.1 Å².